The summed E-state index contributed by atoms with van der Waals surface area (Å²) in [6, 6.07) is 0. The van der Waals surface area contributed by atoms with Gasteiger partial charge in [0.15, 0.2) is 6.29 Å². The topological polar surface area (TPSA) is 18.5 Å². The molecule has 0 atom stereocenters. The third kappa shape index (κ3) is 7.87. The Morgan fingerprint density at radius 1 is 0.929 bits per heavy atom. The normalized spacial score (nSPS) is 14.3. The van der Waals surface area contributed by atoms with Crippen LogP contribution in [0.5, 0.6) is 0 Å². The average molecular weight is 224 g/mol. The van der Waals surface area contributed by atoms with Crippen LogP contribution in [0, 0.1) is 0 Å². The first-order valence-electron chi connectivity index (χ1n) is 3.26. The van der Waals surface area contributed by atoms with Crippen molar-refractivity contribution in [2.24, 2.45) is 0 Å². The first-order chi connectivity index (χ1) is 6.14. The molecule has 0 N–H and O–H groups in total. The van der Waals surface area contributed by atoms with Crippen molar-refractivity contribution in [3.8, 4) is 0 Å². The van der Waals surface area contributed by atoms with Gasteiger partial charge in [-0.15, -0.1) is 26.3 Å². The van der Waals surface area contributed by atoms with Crippen LogP contribution >= 0.6 is 0 Å². The summed E-state index contributed by atoms with van der Waals surface area (Å²) in [6.45, 7) is 1.23. The molecule has 0 aromatic carbocycles. The van der Waals surface area contributed by atoms with E-state index in [9.17, 15) is 26.3 Å². The van der Waals surface area contributed by atoms with Gasteiger partial charge in [0.05, 0.1) is 0 Å². The minimum Gasteiger partial charge on any atom is -0.258 e. The quantitative estimate of drug-likeness (QED) is 0.416. The highest BCUT2D eigenvalue weighted by atomic mass is 19.4. The van der Waals surface area contributed by atoms with Crippen LogP contribution < -0.4 is 0 Å². The summed E-state index contributed by atoms with van der Waals surface area (Å²) in [5.74, 6) is 0. The number of halogens is 6. The van der Waals surface area contributed by atoms with Crippen molar-refractivity contribution in [3.05, 3.63) is 12.2 Å². The fourth-order valence-corrected chi connectivity index (χ4v) is 0.523. The molecule has 0 aliphatic carbocycles. The Bertz CT molecular complexity index is 177. The van der Waals surface area contributed by atoms with Crippen LogP contribution in [0.3, 0.4) is 0 Å². The summed E-state index contributed by atoms with van der Waals surface area (Å²) in [7, 11) is 0. The number of hydrogen-bond donors (Lipinski definition) is 0. The largest absolute Gasteiger partial charge is 0.525 e. The summed E-state index contributed by atoms with van der Waals surface area (Å²) in [4.78, 5) is 0. The predicted octanol–water partition coefficient (Wildman–Crippen LogP) is 2.96. The van der Waals surface area contributed by atoms with E-state index in [4.69, 9.17) is 0 Å². The van der Waals surface area contributed by atoms with Gasteiger partial charge in [-0.2, -0.15) is 0 Å². The Hall–Kier alpha value is -0.760. The number of alkyl halides is 6. The van der Waals surface area contributed by atoms with Gasteiger partial charge in [0.2, 0.25) is 0 Å². The lowest BCUT2D eigenvalue weighted by Crippen LogP contribution is -2.30. The first-order valence-corrected chi connectivity index (χ1v) is 3.26. The minimum absolute atomic E-state index is 0.487. The number of allylic oxidation sites excluding steroid dienone is 1. The molecule has 0 fully saturated rings. The molecule has 0 amide bonds. The molecular weight excluding hydrogens is 218 g/mol. The van der Waals surface area contributed by atoms with Crippen molar-refractivity contribution in [3.63, 3.8) is 0 Å². The van der Waals surface area contributed by atoms with E-state index in [1.807, 2.05) is 0 Å². The molecule has 0 aromatic rings. The van der Waals surface area contributed by atoms with E-state index >= 15 is 0 Å². The van der Waals surface area contributed by atoms with Gasteiger partial charge >= 0.3 is 12.7 Å². The SMILES string of the molecule is CC=CC(OC(F)(F)F)OC(F)(F)F. The molecule has 0 radical (unpaired) electrons. The van der Waals surface area contributed by atoms with E-state index in [1.165, 1.54) is 6.92 Å². The van der Waals surface area contributed by atoms with Crippen molar-refractivity contribution in [1.29, 1.82) is 0 Å². The van der Waals surface area contributed by atoms with Gasteiger partial charge < -0.3 is 0 Å². The van der Waals surface area contributed by atoms with E-state index in [2.05, 4.69) is 9.47 Å². The molecule has 14 heavy (non-hydrogen) atoms. The van der Waals surface area contributed by atoms with Crippen molar-refractivity contribution in [2.75, 3.05) is 0 Å². The Labute approximate surface area is 75.1 Å². The van der Waals surface area contributed by atoms with Crippen LogP contribution in [-0.4, -0.2) is 19.0 Å². The molecule has 2 nitrogen and oxygen atoms in total. The van der Waals surface area contributed by atoms with Gasteiger partial charge in [0.25, 0.3) is 0 Å². The van der Waals surface area contributed by atoms with Gasteiger partial charge in [-0.25, -0.2) is 0 Å². The predicted molar refractivity (Wildman–Crippen MR) is 32.9 cm³/mol. The molecule has 0 aliphatic heterocycles. The molecule has 0 spiro atoms. The Kier molecular flexibility index (Phi) is 4.40. The highest BCUT2D eigenvalue weighted by Crippen LogP contribution is 2.25. The first kappa shape index (κ1) is 13.2. The second-order valence-corrected chi connectivity index (χ2v) is 2.02. The standard InChI is InChI=1S/C6H6F6O2/c1-2-3-4(13-5(7,8)9)14-6(10,11)12/h2-4H,1H3. The fourth-order valence-electron chi connectivity index (χ4n) is 0.523. The van der Waals surface area contributed by atoms with E-state index in [0.29, 0.717) is 6.08 Å². The van der Waals surface area contributed by atoms with Crippen LogP contribution in [0.15, 0.2) is 12.2 Å². The lowest BCUT2D eigenvalue weighted by molar-refractivity contribution is -0.428. The molecule has 0 saturated carbocycles. The summed E-state index contributed by atoms with van der Waals surface area (Å²) in [5.41, 5.74) is 0. The zero-order valence-corrected chi connectivity index (χ0v) is 6.82. The molecule has 0 aliphatic rings. The van der Waals surface area contributed by atoms with Crippen LogP contribution in [0.1, 0.15) is 6.92 Å². The van der Waals surface area contributed by atoms with Crippen molar-refractivity contribution < 1.29 is 35.8 Å². The van der Waals surface area contributed by atoms with Gasteiger partial charge in [-0.1, -0.05) is 6.08 Å². The maximum atomic E-state index is 11.5. The van der Waals surface area contributed by atoms with Crippen LogP contribution in [0.25, 0.3) is 0 Å². The summed E-state index contributed by atoms with van der Waals surface area (Å²) < 4.78 is 75.1. The Morgan fingerprint density at radius 2 is 1.29 bits per heavy atom. The van der Waals surface area contributed by atoms with Crippen molar-refractivity contribution in [1.82, 2.24) is 0 Å². The molecular formula is C6H6F6O2. The van der Waals surface area contributed by atoms with E-state index in [0.717, 1.165) is 6.08 Å². The molecule has 0 heterocycles. The van der Waals surface area contributed by atoms with Crippen LogP contribution in [0.2, 0.25) is 0 Å². The van der Waals surface area contributed by atoms with E-state index in [1.54, 1.807) is 0 Å². The highest BCUT2D eigenvalue weighted by molar-refractivity contribution is 4.81. The monoisotopic (exact) mass is 224 g/mol. The summed E-state index contributed by atoms with van der Waals surface area (Å²) >= 11 is 0. The van der Waals surface area contributed by atoms with E-state index in [-0.39, 0.29) is 0 Å². The summed E-state index contributed by atoms with van der Waals surface area (Å²) in [5, 5.41) is 0. The third-order valence-electron chi connectivity index (χ3n) is 0.849. The molecule has 0 rings (SSSR count). The number of hydrogen-bond acceptors (Lipinski definition) is 2. The zero-order valence-electron chi connectivity index (χ0n) is 6.82. The maximum absolute atomic E-state index is 11.5. The number of ether oxygens (including phenoxy) is 2. The lowest BCUT2D eigenvalue weighted by atomic mass is 10.5. The molecule has 8 heteroatoms. The second kappa shape index (κ2) is 4.65. The van der Waals surface area contributed by atoms with Gasteiger partial charge in [-0.3, -0.25) is 9.47 Å². The van der Waals surface area contributed by atoms with Gasteiger partial charge in [-0.05, 0) is 13.0 Å². The van der Waals surface area contributed by atoms with Crippen molar-refractivity contribution >= 4 is 0 Å². The van der Waals surface area contributed by atoms with Crippen LogP contribution in [0.4, 0.5) is 26.3 Å². The average Bonchev–Trinajstić information content (AvgIpc) is 1.78. The molecule has 0 unspecified atom stereocenters. The second-order valence-electron chi connectivity index (χ2n) is 2.02. The zero-order chi connectivity index (χ0) is 11.4. The molecule has 0 saturated heterocycles. The highest BCUT2D eigenvalue weighted by Gasteiger charge is 2.39. The van der Waals surface area contributed by atoms with Gasteiger partial charge in [0.1, 0.15) is 0 Å². The molecule has 84 valence electrons. The minimum atomic E-state index is -5.19. The van der Waals surface area contributed by atoms with Crippen molar-refractivity contribution in [2.45, 2.75) is 25.9 Å². The third-order valence-corrected chi connectivity index (χ3v) is 0.849. The van der Waals surface area contributed by atoms with E-state index < -0.39 is 19.0 Å². The summed E-state index contributed by atoms with van der Waals surface area (Å²) in [6.07, 6.45) is -11.5. The molecule has 0 bridgehead atoms. The fraction of sp³-hybridized carbons (Fsp3) is 0.667. The van der Waals surface area contributed by atoms with Crippen LogP contribution in [-0.2, 0) is 9.47 Å². The lowest BCUT2D eigenvalue weighted by Gasteiger charge is -2.17. The molecule has 0 aromatic heterocycles. The Balaban J connectivity index is 4.31. The smallest absolute Gasteiger partial charge is 0.258 e. The number of rotatable bonds is 3. The Morgan fingerprint density at radius 3 is 1.50 bits per heavy atom. The maximum Gasteiger partial charge on any atom is 0.525 e. The van der Waals surface area contributed by atoms with Gasteiger partial charge in [0, 0.05) is 0 Å².